The zero-order chi connectivity index (χ0) is 24.2. The molecular weight excluding hydrogens is 428 g/mol. The average molecular weight is 456 g/mol. The van der Waals surface area contributed by atoms with Crippen LogP contribution in [-0.2, 0) is 35.2 Å². The molecule has 1 aliphatic rings. The van der Waals surface area contributed by atoms with Crippen LogP contribution in [0, 0.1) is 0 Å². The van der Waals surface area contributed by atoms with Gasteiger partial charge in [0.2, 0.25) is 11.5 Å². The standard InChI is InChI=1S/C24H28N2O7/c1-4-24(31,23(30)33-6-3)19(27)12-18-22-16(11-15-9-7-8-10-17(15)25-22)14-26(18)20(28)13-21(29)32-5-2/h7-11,18,31H,4-6,12-14H2,1-3H3. The number of amides is 1. The lowest BCUT2D eigenvalue weighted by Crippen LogP contribution is -2.48. The minimum absolute atomic E-state index is 0.0123. The van der Waals surface area contributed by atoms with Gasteiger partial charge in [0.25, 0.3) is 0 Å². The van der Waals surface area contributed by atoms with Gasteiger partial charge in [-0.2, -0.15) is 0 Å². The van der Waals surface area contributed by atoms with Gasteiger partial charge in [0.05, 0.1) is 30.5 Å². The summed E-state index contributed by atoms with van der Waals surface area (Å²) in [6, 6.07) is 8.46. The smallest absolute Gasteiger partial charge is 0.345 e. The summed E-state index contributed by atoms with van der Waals surface area (Å²) < 4.78 is 9.79. The van der Waals surface area contributed by atoms with Crippen molar-refractivity contribution in [2.24, 2.45) is 0 Å². The van der Waals surface area contributed by atoms with E-state index in [2.05, 4.69) is 4.98 Å². The average Bonchev–Trinajstić information content (AvgIpc) is 3.14. The highest BCUT2D eigenvalue weighted by molar-refractivity contribution is 6.07. The number of para-hydroxylation sites is 1. The predicted molar refractivity (Wildman–Crippen MR) is 118 cm³/mol. The number of fused-ring (bicyclic) bond motifs is 2. The van der Waals surface area contributed by atoms with Gasteiger partial charge in [0, 0.05) is 18.4 Å². The van der Waals surface area contributed by atoms with Crippen LogP contribution in [0.4, 0.5) is 0 Å². The van der Waals surface area contributed by atoms with Crippen molar-refractivity contribution < 1.29 is 33.8 Å². The number of pyridine rings is 1. The first-order chi connectivity index (χ1) is 15.7. The molecule has 0 aliphatic carbocycles. The van der Waals surface area contributed by atoms with Crippen LogP contribution in [0.5, 0.6) is 0 Å². The quantitative estimate of drug-likeness (QED) is 0.450. The van der Waals surface area contributed by atoms with Gasteiger partial charge in [-0.05, 0) is 38.0 Å². The van der Waals surface area contributed by atoms with Crippen molar-refractivity contribution in [2.75, 3.05) is 13.2 Å². The van der Waals surface area contributed by atoms with Crippen LogP contribution in [0.1, 0.15) is 57.3 Å². The third kappa shape index (κ3) is 4.88. The largest absolute Gasteiger partial charge is 0.466 e. The molecule has 33 heavy (non-hydrogen) atoms. The second-order valence-corrected chi connectivity index (χ2v) is 7.81. The summed E-state index contributed by atoms with van der Waals surface area (Å²) in [6.07, 6.45) is -1.01. The molecule has 0 radical (unpaired) electrons. The molecule has 2 heterocycles. The molecule has 9 nitrogen and oxygen atoms in total. The Labute approximate surface area is 191 Å². The molecule has 0 spiro atoms. The van der Waals surface area contributed by atoms with Gasteiger partial charge in [-0.3, -0.25) is 19.4 Å². The number of ether oxygens (including phenoxy) is 2. The lowest BCUT2D eigenvalue weighted by molar-refractivity contribution is -0.171. The van der Waals surface area contributed by atoms with Crippen LogP contribution < -0.4 is 0 Å². The van der Waals surface area contributed by atoms with Gasteiger partial charge < -0.3 is 19.5 Å². The highest BCUT2D eigenvalue weighted by atomic mass is 16.6. The van der Waals surface area contributed by atoms with Gasteiger partial charge >= 0.3 is 11.9 Å². The predicted octanol–water partition coefficient (Wildman–Crippen LogP) is 2.23. The normalized spacial score (nSPS) is 16.7. The number of benzene rings is 1. The molecule has 0 fully saturated rings. The van der Waals surface area contributed by atoms with E-state index in [0.717, 1.165) is 10.9 Å². The minimum Gasteiger partial charge on any atom is -0.466 e. The maximum absolute atomic E-state index is 13.1. The van der Waals surface area contributed by atoms with Gasteiger partial charge in [0.1, 0.15) is 6.42 Å². The molecule has 0 bridgehead atoms. The van der Waals surface area contributed by atoms with Crippen molar-refractivity contribution in [2.45, 2.75) is 58.2 Å². The molecule has 2 unspecified atom stereocenters. The summed E-state index contributed by atoms with van der Waals surface area (Å²) in [5.41, 5.74) is -0.406. The molecule has 1 aromatic heterocycles. The molecular formula is C24H28N2O7. The van der Waals surface area contributed by atoms with Crippen molar-refractivity contribution >= 4 is 34.5 Å². The molecule has 0 saturated heterocycles. The maximum atomic E-state index is 13.1. The molecule has 176 valence electrons. The number of nitrogens with zero attached hydrogens (tertiary/aromatic N) is 2. The van der Waals surface area contributed by atoms with E-state index in [9.17, 15) is 24.3 Å². The highest BCUT2D eigenvalue weighted by Crippen LogP contribution is 2.38. The molecule has 0 saturated carbocycles. The number of hydrogen-bond acceptors (Lipinski definition) is 8. The lowest BCUT2D eigenvalue weighted by Gasteiger charge is -2.28. The fourth-order valence-corrected chi connectivity index (χ4v) is 3.99. The Bertz CT molecular complexity index is 1080. The number of hydrogen-bond donors (Lipinski definition) is 1. The summed E-state index contributed by atoms with van der Waals surface area (Å²) in [4.78, 5) is 56.4. The fourth-order valence-electron chi connectivity index (χ4n) is 3.99. The lowest BCUT2D eigenvalue weighted by atomic mass is 9.89. The first-order valence-corrected chi connectivity index (χ1v) is 11.0. The van der Waals surface area contributed by atoms with E-state index in [1.54, 1.807) is 13.8 Å². The molecule has 2 aromatic rings. The maximum Gasteiger partial charge on any atom is 0.345 e. The first-order valence-electron chi connectivity index (χ1n) is 11.0. The zero-order valence-corrected chi connectivity index (χ0v) is 19.0. The fraction of sp³-hybridized carbons (Fsp3) is 0.458. The molecule has 1 N–H and O–H groups in total. The van der Waals surface area contributed by atoms with Crippen LogP contribution in [0.15, 0.2) is 30.3 Å². The second-order valence-electron chi connectivity index (χ2n) is 7.81. The van der Waals surface area contributed by atoms with Gasteiger partial charge in [0.15, 0.2) is 5.78 Å². The number of carbonyl (C=O) groups excluding carboxylic acids is 4. The number of esters is 2. The zero-order valence-electron chi connectivity index (χ0n) is 19.0. The number of Topliss-reactive ketones (excluding diaryl/α,β-unsaturated/α-hetero) is 1. The third-order valence-corrected chi connectivity index (χ3v) is 5.75. The van der Waals surface area contributed by atoms with Crippen LogP contribution in [-0.4, -0.2) is 57.4 Å². The Morgan fingerprint density at radius 3 is 2.48 bits per heavy atom. The molecule has 1 aromatic carbocycles. The number of aliphatic hydroxyl groups is 1. The minimum atomic E-state index is -2.33. The van der Waals surface area contributed by atoms with E-state index in [1.165, 1.54) is 11.8 Å². The summed E-state index contributed by atoms with van der Waals surface area (Å²) in [5.74, 6) is -2.99. The van der Waals surface area contributed by atoms with E-state index in [0.29, 0.717) is 11.2 Å². The first kappa shape index (κ1) is 24.3. The molecule has 1 amide bonds. The van der Waals surface area contributed by atoms with E-state index in [4.69, 9.17) is 9.47 Å². The monoisotopic (exact) mass is 456 g/mol. The van der Waals surface area contributed by atoms with Crippen molar-refractivity contribution in [3.05, 3.63) is 41.6 Å². The molecule has 1 aliphatic heterocycles. The van der Waals surface area contributed by atoms with E-state index in [1.807, 2.05) is 30.3 Å². The SMILES string of the molecule is CCOC(=O)CC(=O)N1Cc2cc3ccccc3nc2C1CC(=O)C(O)(CC)C(=O)OCC. The molecule has 3 rings (SSSR count). The van der Waals surface area contributed by atoms with Gasteiger partial charge in [-0.1, -0.05) is 25.1 Å². The van der Waals surface area contributed by atoms with Crippen LogP contribution in [0.25, 0.3) is 10.9 Å². The van der Waals surface area contributed by atoms with Crippen molar-refractivity contribution in [3.8, 4) is 0 Å². The summed E-state index contributed by atoms with van der Waals surface area (Å²) in [6.45, 7) is 5.03. The molecule has 2 atom stereocenters. The van der Waals surface area contributed by atoms with Crippen LogP contribution in [0.2, 0.25) is 0 Å². The van der Waals surface area contributed by atoms with E-state index in [-0.39, 0.29) is 32.6 Å². The third-order valence-electron chi connectivity index (χ3n) is 5.75. The van der Waals surface area contributed by atoms with Gasteiger partial charge in [-0.25, -0.2) is 4.79 Å². The van der Waals surface area contributed by atoms with Crippen molar-refractivity contribution in [3.63, 3.8) is 0 Å². The van der Waals surface area contributed by atoms with Gasteiger partial charge in [-0.15, -0.1) is 0 Å². The Morgan fingerprint density at radius 2 is 1.82 bits per heavy atom. The Hall–Kier alpha value is -3.33. The molecule has 9 heteroatoms. The van der Waals surface area contributed by atoms with Crippen LogP contribution in [0.3, 0.4) is 0 Å². The number of ketones is 1. The topological polar surface area (TPSA) is 123 Å². The second kappa shape index (κ2) is 10.1. The Balaban J connectivity index is 1.97. The van der Waals surface area contributed by atoms with E-state index >= 15 is 0 Å². The number of rotatable bonds is 9. The Morgan fingerprint density at radius 1 is 1.12 bits per heavy atom. The number of carbonyl (C=O) groups is 4. The Kier molecular flexibility index (Phi) is 7.43. The summed E-state index contributed by atoms with van der Waals surface area (Å²) in [5, 5.41) is 11.7. The summed E-state index contributed by atoms with van der Waals surface area (Å²) >= 11 is 0. The number of aromatic nitrogens is 1. The van der Waals surface area contributed by atoms with Crippen molar-refractivity contribution in [1.82, 2.24) is 9.88 Å². The highest BCUT2D eigenvalue weighted by Gasteiger charge is 2.47. The van der Waals surface area contributed by atoms with Crippen molar-refractivity contribution in [1.29, 1.82) is 0 Å². The summed E-state index contributed by atoms with van der Waals surface area (Å²) in [7, 11) is 0. The van der Waals surface area contributed by atoms with E-state index < -0.39 is 41.7 Å². The van der Waals surface area contributed by atoms with Crippen LogP contribution >= 0.6 is 0 Å².